The number of likely N-dealkylation sites (tertiary alicyclic amines) is 2. The first kappa shape index (κ1) is 59.3. The molecule has 0 spiro atoms. The van der Waals surface area contributed by atoms with Crippen LogP contribution < -0.4 is 0 Å². The molecule has 2 saturated heterocycles. The quantitative estimate of drug-likeness (QED) is 0.0219. The number of rotatable bonds is 22. The Morgan fingerprint density at radius 1 is 0.437 bits per heavy atom. The van der Waals surface area contributed by atoms with Crippen LogP contribution in [0.4, 0.5) is 0 Å². The molecule has 0 aliphatic carbocycles. The summed E-state index contributed by atoms with van der Waals surface area (Å²) in [7, 11) is -7.41. The van der Waals surface area contributed by atoms with E-state index in [4.69, 9.17) is 4.18 Å². The van der Waals surface area contributed by atoms with Crippen LogP contribution in [0.2, 0.25) is 0 Å². The number of unbranched alkanes of at least 4 members (excludes halogenated alkanes) is 1. The molecule has 0 aromatic heterocycles. The lowest BCUT2D eigenvalue weighted by Crippen LogP contribution is -2.41. The summed E-state index contributed by atoms with van der Waals surface area (Å²) in [6.07, 6.45) is 15.9. The summed E-state index contributed by atoms with van der Waals surface area (Å²) in [6, 6.07) is 36.1. The Kier molecular flexibility index (Phi) is 23.6. The number of nitrogens with zero attached hydrogens (tertiary/aromatic N) is 2. The van der Waals surface area contributed by atoms with E-state index < -0.39 is 30.4 Å². The van der Waals surface area contributed by atoms with Crippen LogP contribution in [0.25, 0.3) is 0 Å². The van der Waals surface area contributed by atoms with E-state index in [2.05, 4.69) is 78.2 Å². The van der Waals surface area contributed by atoms with E-state index in [1.807, 2.05) is 6.92 Å². The van der Waals surface area contributed by atoms with Gasteiger partial charge in [0.1, 0.15) is 0 Å². The van der Waals surface area contributed by atoms with Crippen molar-refractivity contribution in [2.24, 2.45) is 0 Å². The number of benzene rings is 5. The van der Waals surface area contributed by atoms with Gasteiger partial charge in [-0.15, -0.1) is 0 Å². The molecule has 71 heavy (non-hydrogen) atoms. The summed E-state index contributed by atoms with van der Waals surface area (Å²) in [5.74, 6) is 0. The molecule has 2 heterocycles. The van der Waals surface area contributed by atoms with Crippen molar-refractivity contribution in [1.29, 1.82) is 0 Å². The summed E-state index contributed by atoms with van der Waals surface area (Å²) < 4.78 is 87.8. The molecule has 5 aromatic carbocycles. The number of quaternary nitrogens is 2. The topological polar surface area (TPSA) is 130 Å². The molecule has 2 aliphatic rings. The first-order chi connectivity index (χ1) is 33.3. The van der Waals surface area contributed by atoms with Gasteiger partial charge in [-0.2, -0.15) is 25.3 Å². The Bertz CT molecular complexity index is 2580. The number of hydrogen-bond donors (Lipinski definition) is 0. The first-order valence-corrected chi connectivity index (χ1v) is 29.3. The minimum absolute atomic E-state index is 0. The minimum atomic E-state index is -4.33. The highest BCUT2D eigenvalue weighted by molar-refractivity contribution is 7.89. The van der Waals surface area contributed by atoms with Gasteiger partial charge in [0.2, 0.25) is 0 Å². The van der Waals surface area contributed by atoms with Gasteiger partial charge in [0.05, 0.1) is 74.7 Å². The number of hydrogen-bond acceptors (Lipinski definition) is 9. The van der Waals surface area contributed by atoms with Crippen LogP contribution in [0.15, 0.2) is 136 Å². The largest absolute Gasteiger partial charge is 0.326 e. The van der Waals surface area contributed by atoms with E-state index in [-0.39, 0.29) is 28.7 Å². The van der Waals surface area contributed by atoms with E-state index in [1.54, 1.807) is 73.5 Å². The highest BCUT2D eigenvalue weighted by Crippen LogP contribution is 2.22. The molecule has 390 valence electrons. The van der Waals surface area contributed by atoms with Gasteiger partial charge in [-0.25, -0.2) is 0 Å². The summed E-state index contributed by atoms with van der Waals surface area (Å²) in [5.41, 5.74) is 8.43. The maximum Gasteiger partial charge on any atom is 0.324 e. The summed E-state index contributed by atoms with van der Waals surface area (Å²) in [5, 5.41) is 0. The molecule has 5 aromatic rings. The van der Waals surface area contributed by atoms with Gasteiger partial charge in [0.25, 0.3) is 10.1 Å². The Hall–Kier alpha value is -4.25. The van der Waals surface area contributed by atoms with Crippen LogP contribution in [0.5, 0.6) is 0 Å². The summed E-state index contributed by atoms with van der Waals surface area (Å²) in [6.45, 7) is 16.2. The third-order valence-electron chi connectivity index (χ3n) is 13.4. The Labute approximate surface area is 428 Å². The van der Waals surface area contributed by atoms with Gasteiger partial charge in [0, 0.05) is 38.5 Å². The Morgan fingerprint density at radius 2 is 0.746 bits per heavy atom. The molecule has 7 rings (SSSR count). The molecule has 0 bridgehead atoms. The molecule has 14 heteroatoms. The third kappa shape index (κ3) is 20.3. The molecule has 11 nitrogen and oxygen atoms in total. The van der Waals surface area contributed by atoms with E-state index in [0.29, 0.717) is 6.42 Å². The second-order valence-electron chi connectivity index (χ2n) is 19.8. The average molecular weight is 1040 g/mol. The van der Waals surface area contributed by atoms with Crippen LogP contribution >= 0.6 is 0 Å². The van der Waals surface area contributed by atoms with Gasteiger partial charge in [-0.1, -0.05) is 131 Å². The van der Waals surface area contributed by atoms with Crippen LogP contribution in [-0.2, 0) is 68.9 Å². The minimum Gasteiger partial charge on any atom is -0.326 e. The lowest BCUT2D eigenvalue weighted by molar-refractivity contribution is -0.897. The van der Waals surface area contributed by atoms with Crippen molar-refractivity contribution in [3.05, 3.63) is 160 Å². The zero-order valence-electron chi connectivity index (χ0n) is 42.5. The molecule has 0 saturated carbocycles. The molecule has 0 unspecified atom stereocenters. The second kappa shape index (κ2) is 28.3. The van der Waals surface area contributed by atoms with Crippen LogP contribution in [-0.4, -0.2) is 94.2 Å². The van der Waals surface area contributed by atoms with Crippen molar-refractivity contribution >= 4 is 30.4 Å². The van der Waals surface area contributed by atoms with Gasteiger partial charge < -0.3 is 8.97 Å². The predicted octanol–water partition coefficient (Wildman–Crippen LogP) is 11.7. The van der Waals surface area contributed by atoms with Crippen molar-refractivity contribution in [2.75, 3.05) is 60.0 Å². The zero-order chi connectivity index (χ0) is 50.7. The fourth-order valence-corrected chi connectivity index (χ4v) is 11.6. The van der Waals surface area contributed by atoms with E-state index in [1.165, 1.54) is 148 Å². The smallest absolute Gasteiger partial charge is 0.324 e. The van der Waals surface area contributed by atoms with Gasteiger partial charge >= 0.3 is 20.2 Å². The molecule has 0 N–H and O–H groups in total. The summed E-state index contributed by atoms with van der Waals surface area (Å²) in [4.78, 5) is -0.177. The van der Waals surface area contributed by atoms with Crippen LogP contribution in [0.1, 0.15) is 111 Å². The van der Waals surface area contributed by atoms with Gasteiger partial charge in [-0.3, -0.25) is 4.18 Å². The molecule has 2 aliphatic heterocycles. The molecular weight excluding hydrogens is 953 g/mol. The maximum absolute atomic E-state index is 12.1. The monoisotopic (exact) mass is 1030 g/mol. The molecular formula is C57H82N2O9S3+2. The zero-order valence-corrected chi connectivity index (χ0v) is 44.9. The fourth-order valence-electron chi connectivity index (χ4n) is 9.02. The molecule has 0 radical (unpaired) electrons. The third-order valence-corrected chi connectivity index (χ3v) is 17.0. The van der Waals surface area contributed by atoms with Crippen LogP contribution in [0, 0.1) is 20.8 Å². The van der Waals surface area contributed by atoms with Crippen LogP contribution in [0.3, 0.4) is 0 Å². The molecule has 0 atom stereocenters. The van der Waals surface area contributed by atoms with Crippen molar-refractivity contribution in [1.82, 2.24) is 0 Å². The summed E-state index contributed by atoms with van der Waals surface area (Å²) >= 11 is 0. The molecule has 0 amide bonds. The lowest BCUT2D eigenvalue weighted by atomic mass is 10.0. The van der Waals surface area contributed by atoms with Crippen molar-refractivity contribution in [3.63, 3.8) is 0 Å². The second-order valence-corrected chi connectivity index (χ2v) is 24.5. The lowest BCUT2D eigenvalue weighted by Gasteiger charge is -2.29. The van der Waals surface area contributed by atoms with Gasteiger partial charge in [0.15, 0.2) is 0 Å². The molecule has 2 fully saturated rings. The van der Waals surface area contributed by atoms with Crippen molar-refractivity contribution in [3.8, 4) is 0 Å². The Balaban J connectivity index is 0.000000230. The number of aryl methyl sites for hydroxylation is 7. The first-order valence-electron chi connectivity index (χ1n) is 25.1. The van der Waals surface area contributed by atoms with E-state index in [9.17, 15) is 25.3 Å². The van der Waals surface area contributed by atoms with Crippen molar-refractivity contribution in [2.45, 2.75) is 133 Å². The normalized spacial score (nSPS) is 15.2. The predicted molar refractivity (Wildman–Crippen MR) is 286 cm³/mol. The average Bonchev–Trinajstić information content (AvgIpc) is 3.98. The highest BCUT2D eigenvalue weighted by Gasteiger charge is 2.27. The van der Waals surface area contributed by atoms with E-state index >= 15 is 0 Å². The van der Waals surface area contributed by atoms with E-state index in [0.717, 1.165) is 29.5 Å². The highest BCUT2D eigenvalue weighted by atomic mass is 32.2. The standard InChI is InChI=1S/C22H38N2.C20H26O3S.C14H14O6S2.CH4/c1-23(14-3-4-15-23)18-8-12-21-10-7-11-22(20-21)13-9-19-24(2)16-5-6-17-24;1-3-4-7-18-8-5-9-19(16-18)10-6-15-23-24(21,22)20-13-11-17(2)12-14-20;1-11-3-7-13(8-4-11)21(15,16)19-20-22(17,18)14-9-5-12(2)6-10-14;/h7,10-11,20H,3-6,8-9,12-19H2,1-2H3;5,8-9,11-14,16H,3-4,6-7,10,15H2,1-2H3;3-10H,1-2H3;1H4/q+2;;;. The maximum atomic E-state index is 12.1. The van der Waals surface area contributed by atoms with Crippen molar-refractivity contribution < 1.29 is 47.1 Å². The fraction of sp³-hybridized carbons (Fsp3) is 0.474. The SMILES string of the molecule is C.CCCCc1cccc(CCCOS(=O)(=O)c2ccc(C)cc2)c1.C[N+]1(CCCc2cccc(CCC[N+]3(C)CCCC3)c2)CCCC1.Cc1ccc(S(=O)(=O)OOS(=O)(=O)c2ccc(C)cc2)cc1. The Morgan fingerprint density at radius 3 is 1.08 bits per heavy atom. The van der Waals surface area contributed by atoms with Gasteiger partial charge in [-0.05, 0) is 118 Å².